The number of nitrogens with zero attached hydrogens (tertiary/aromatic N) is 1. The Hall–Kier alpha value is -1.01. The molecule has 0 spiro atoms. The highest BCUT2D eigenvalue weighted by atomic mass is 35.5. The molecule has 2 rings (SSSR count). The van der Waals surface area contributed by atoms with E-state index in [2.05, 4.69) is 10.3 Å². The van der Waals surface area contributed by atoms with E-state index in [0.717, 1.165) is 12.1 Å². The molecule has 0 amide bonds. The summed E-state index contributed by atoms with van der Waals surface area (Å²) in [5.41, 5.74) is -0.821. The Morgan fingerprint density at radius 3 is 2.61 bits per heavy atom. The third kappa shape index (κ3) is 3.26. The predicted molar refractivity (Wildman–Crippen MR) is 61.5 cm³/mol. The molecule has 0 radical (unpaired) electrons. The molecule has 7 heteroatoms. The number of aromatic nitrogens is 1. The van der Waals surface area contributed by atoms with Crippen LogP contribution in [0.15, 0.2) is 12.1 Å². The topological polar surface area (TPSA) is 45.1 Å². The molecule has 0 saturated heterocycles. The van der Waals surface area contributed by atoms with Crippen LogP contribution in [-0.2, 0) is 6.18 Å². The van der Waals surface area contributed by atoms with Crippen LogP contribution in [0.2, 0.25) is 5.15 Å². The number of rotatable bonds is 3. The fraction of sp³-hybridized carbons (Fsp3) is 0.545. The molecule has 1 heterocycles. The molecule has 18 heavy (non-hydrogen) atoms. The highest BCUT2D eigenvalue weighted by Gasteiger charge is 2.32. The molecule has 1 aromatic rings. The van der Waals surface area contributed by atoms with E-state index in [4.69, 9.17) is 16.7 Å². The second-order valence-corrected chi connectivity index (χ2v) is 4.82. The van der Waals surface area contributed by atoms with Gasteiger partial charge >= 0.3 is 6.18 Å². The van der Waals surface area contributed by atoms with Crippen molar-refractivity contribution in [2.45, 2.75) is 25.1 Å². The van der Waals surface area contributed by atoms with E-state index < -0.39 is 11.7 Å². The van der Waals surface area contributed by atoms with E-state index in [0.29, 0.717) is 19.4 Å². The zero-order valence-corrected chi connectivity index (χ0v) is 10.1. The highest BCUT2D eigenvalue weighted by Crippen LogP contribution is 2.32. The number of nitrogens with one attached hydrogen (secondary N) is 1. The van der Waals surface area contributed by atoms with Crippen molar-refractivity contribution in [1.29, 1.82) is 0 Å². The van der Waals surface area contributed by atoms with E-state index >= 15 is 0 Å². The van der Waals surface area contributed by atoms with Gasteiger partial charge in [0.25, 0.3) is 0 Å². The Kier molecular flexibility index (Phi) is 3.68. The fourth-order valence-corrected chi connectivity index (χ4v) is 2.08. The summed E-state index contributed by atoms with van der Waals surface area (Å²) in [6.45, 7) is 0.488. The SMILES string of the molecule is OC1CC(CNc2cc(C(F)(F)F)cc(Cl)n2)C1. The molecule has 0 atom stereocenters. The highest BCUT2D eigenvalue weighted by molar-refractivity contribution is 6.29. The van der Waals surface area contributed by atoms with Gasteiger partial charge in [0, 0.05) is 6.54 Å². The maximum absolute atomic E-state index is 12.5. The van der Waals surface area contributed by atoms with Crippen LogP contribution in [0.25, 0.3) is 0 Å². The minimum Gasteiger partial charge on any atom is -0.393 e. The van der Waals surface area contributed by atoms with Gasteiger partial charge in [-0.1, -0.05) is 11.6 Å². The summed E-state index contributed by atoms with van der Waals surface area (Å²) in [5, 5.41) is 11.7. The number of pyridine rings is 1. The van der Waals surface area contributed by atoms with Crippen LogP contribution in [0.1, 0.15) is 18.4 Å². The van der Waals surface area contributed by atoms with Crippen LogP contribution < -0.4 is 5.32 Å². The Labute approximate surface area is 107 Å². The molecule has 100 valence electrons. The number of hydrogen-bond donors (Lipinski definition) is 2. The van der Waals surface area contributed by atoms with Gasteiger partial charge in [0.15, 0.2) is 0 Å². The van der Waals surface area contributed by atoms with Gasteiger partial charge in [-0.05, 0) is 30.9 Å². The normalized spacial score (nSPS) is 23.6. The van der Waals surface area contributed by atoms with Crippen LogP contribution in [0.3, 0.4) is 0 Å². The maximum atomic E-state index is 12.5. The second-order valence-electron chi connectivity index (χ2n) is 4.43. The number of hydrogen-bond acceptors (Lipinski definition) is 3. The maximum Gasteiger partial charge on any atom is 0.416 e. The van der Waals surface area contributed by atoms with Gasteiger partial charge in [0.1, 0.15) is 11.0 Å². The third-order valence-electron chi connectivity index (χ3n) is 2.90. The average molecular weight is 281 g/mol. The lowest BCUT2D eigenvalue weighted by Crippen LogP contribution is -2.33. The molecule has 1 fully saturated rings. The molecule has 0 aromatic carbocycles. The van der Waals surface area contributed by atoms with Crippen LogP contribution in [0, 0.1) is 5.92 Å². The predicted octanol–water partition coefficient (Wildman–Crippen LogP) is 2.94. The Balaban J connectivity index is 2.02. The van der Waals surface area contributed by atoms with Gasteiger partial charge in [0.05, 0.1) is 11.7 Å². The van der Waals surface area contributed by atoms with E-state index in [1.165, 1.54) is 0 Å². The summed E-state index contributed by atoms with van der Waals surface area (Å²) in [5.74, 6) is 0.381. The first-order valence-electron chi connectivity index (χ1n) is 5.51. The Morgan fingerprint density at radius 1 is 1.39 bits per heavy atom. The molecule has 0 unspecified atom stereocenters. The molecule has 1 aromatic heterocycles. The lowest BCUT2D eigenvalue weighted by atomic mass is 9.82. The van der Waals surface area contributed by atoms with Gasteiger partial charge in [-0.15, -0.1) is 0 Å². The molecule has 0 aliphatic heterocycles. The molecule has 1 saturated carbocycles. The third-order valence-corrected chi connectivity index (χ3v) is 3.10. The lowest BCUT2D eigenvalue weighted by molar-refractivity contribution is -0.137. The molecule has 1 aliphatic carbocycles. The largest absolute Gasteiger partial charge is 0.416 e. The first-order chi connectivity index (χ1) is 8.34. The van der Waals surface area contributed by atoms with Crippen LogP contribution in [-0.4, -0.2) is 22.7 Å². The number of halogens is 4. The van der Waals surface area contributed by atoms with Gasteiger partial charge < -0.3 is 10.4 Å². The van der Waals surface area contributed by atoms with Crippen molar-refractivity contribution in [1.82, 2.24) is 4.98 Å². The average Bonchev–Trinajstić information content (AvgIpc) is 2.21. The van der Waals surface area contributed by atoms with Crippen LogP contribution in [0.5, 0.6) is 0 Å². The smallest absolute Gasteiger partial charge is 0.393 e. The van der Waals surface area contributed by atoms with E-state index in [-0.39, 0.29) is 23.0 Å². The van der Waals surface area contributed by atoms with Crippen molar-refractivity contribution in [3.8, 4) is 0 Å². The summed E-state index contributed by atoms with van der Waals surface area (Å²) in [4.78, 5) is 3.79. The van der Waals surface area contributed by atoms with Crippen molar-refractivity contribution in [3.63, 3.8) is 0 Å². The number of aliphatic hydroxyl groups is 1. The molecular formula is C11H12ClF3N2O. The standard InChI is InChI=1S/C11H12ClF3N2O/c12-9-3-7(11(13,14)15)4-10(17-9)16-5-6-1-8(18)2-6/h3-4,6,8,18H,1-2,5H2,(H,16,17). The number of alkyl halides is 3. The van der Waals surface area contributed by atoms with E-state index in [9.17, 15) is 13.2 Å². The van der Waals surface area contributed by atoms with Crippen molar-refractivity contribution >= 4 is 17.4 Å². The first-order valence-corrected chi connectivity index (χ1v) is 5.89. The van der Waals surface area contributed by atoms with Crippen LogP contribution in [0.4, 0.5) is 19.0 Å². The van der Waals surface area contributed by atoms with Gasteiger partial charge in [-0.2, -0.15) is 13.2 Å². The van der Waals surface area contributed by atoms with Gasteiger partial charge in [-0.25, -0.2) is 4.98 Å². The van der Waals surface area contributed by atoms with E-state index in [1.807, 2.05) is 0 Å². The minimum absolute atomic E-state index is 0.108. The van der Waals surface area contributed by atoms with Crippen molar-refractivity contribution < 1.29 is 18.3 Å². The van der Waals surface area contributed by atoms with Crippen molar-refractivity contribution in [2.75, 3.05) is 11.9 Å². The van der Waals surface area contributed by atoms with Crippen molar-refractivity contribution in [3.05, 3.63) is 22.8 Å². The van der Waals surface area contributed by atoms with Gasteiger partial charge in [-0.3, -0.25) is 0 Å². The quantitative estimate of drug-likeness (QED) is 0.837. The zero-order chi connectivity index (χ0) is 13.3. The van der Waals surface area contributed by atoms with E-state index in [1.54, 1.807) is 0 Å². The summed E-state index contributed by atoms with van der Waals surface area (Å²) in [6.07, 6.45) is -3.38. The van der Waals surface area contributed by atoms with Gasteiger partial charge in [0.2, 0.25) is 0 Å². The summed E-state index contributed by atoms with van der Waals surface area (Å²) < 4.78 is 37.6. The molecule has 3 nitrogen and oxygen atoms in total. The summed E-state index contributed by atoms with van der Waals surface area (Å²) in [7, 11) is 0. The lowest BCUT2D eigenvalue weighted by Gasteiger charge is -2.31. The Bertz CT molecular complexity index is 433. The Morgan fingerprint density at radius 2 is 2.06 bits per heavy atom. The van der Waals surface area contributed by atoms with Crippen LogP contribution >= 0.6 is 11.6 Å². The second kappa shape index (κ2) is 4.93. The molecule has 2 N–H and O–H groups in total. The monoisotopic (exact) mass is 280 g/mol. The summed E-state index contributed by atoms with van der Waals surface area (Å²) >= 11 is 5.55. The minimum atomic E-state index is -4.43. The van der Waals surface area contributed by atoms with Crippen molar-refractivity contribution in [2.24, 2.45) is 5.92 Å². The number of aliphatic hydroxyl groups excluding tert-OH is 1. The zero-order valence-electron chi connectivity index (χ0n) is 9.34. The summed E-state index contributed by atoms with van der Waals surface area (Å²) in [6, 6.07) is 1.72. The molecule has 1 aliphatic rings. The number of anilines is 1. The first kappa shape index (κ1) is 13.4. The fourth-order valence-electron chi connectivity index (χ4n) is 1.87. The molecular weight excluding hydrogens is 269 g/mol. The molecule has 0 bridgehead atoms.